The lowest BCUT2D eigenvalue weighted by Gasteiger charge is -2.25. The predicted molar refractivity (Wildman–Crippen MR) is 118 cm³/mol. The molecule has 1 aliphatic rings. The van der Waals surface area contributed by atoms with Gasteiger partial charge in [0.15, 0.2) is 5.16 Å². The molecule has 1 atom stereocenters. The number of nitrogens with zero attached hydrogens (tertiary/aromatic N) is 4. The molecule has 8 nitrogen and oxygen atoms in total. The smallest absolute Gasteiger partial charge is 0.243 e. The molecule has 0 radical (unpaired) electrons. The largest absolute Gasteiger partial charge is 0.325 e. The molecule has 10 heteroatoms. The number of carbonyl (C=O) groups excluding carboxylic acids is 1. The SMILES string of the molecule is CC(Sc1nnc(C(C)C)n1C)C(=O)Nc1ccc(S(=O)(=O)N2CCCCC2)cc1. The molecule has 2 heterocycles. The Morgan fingerprint density at radius 2 is 1.70 bits per heavy atom. The van der Waals surface area contributed by atoms with Crippen LogP contribution in [0.2, 0.25) is 0 Å². The van der Waals surface area contributed by atoms with Crippen LogP contribution in [0.5, 0.6) is 0 Å². The van der Waals surface area contributed by atoms with Gasteiger partial charge in [0.2, 0.25) is 15.9 Å². The number of rotatable bonds is 7. The van der Waals surface area contributed by atoms with E-state index in [1.807, 2.05) is 25.5 Å². The minimum absolute atomic E-state index is 0.180. The summed E-state index contributed by atoms with van der Waals surface area (Å²) in [6, 6.07) is 6.36. The molecule has 1 fully saturated rings. The highest BCUT2D eigenvalue weighted by atomic mass is 32.2. The molecule has 1 aliphatic heterocycles. The van der Waals surface area contributed by atoms with Gasteiger partial charge in [-0.1, -0.05) is 32.0 Å². The van der Waals surface area contributed by atoms with Crippen LogP contribution in [0.25, 0.3) is 0 Å². The Hall–Kier alpha value is -1.91. The molecular formula is C20H29N5O3S2. The van der Waals surface area contributed by atoms with Gasteiger partial charge in [-0.15, -0.1) is 10.2 Å². The van der Waals surface area contributed by atoms with Gasteiger partial charge in [0.05, 0.1) is 10.1 Å². The van der Waals surface area contributed by atoms with Crippen LogP contribution >= 0.6 is 11.8 Å². The number of anilines is 1. The molecule has 1 aromatic carbocycles. The third kappa shape index (κ3) is 5.04. The second-order valence-corrected chi connectivity index (χ2v) is 11.0. The number of amides is 1. The summed E-state index contributed by atoms with van der Waals surface area (Å²) in [5.41, 5.74) is 0.561. The Morgan fingerprint density at radius 1 is 1.07 bits per heavy atom. The summed E-state index contributed by atoms with van der Waals surface area (Å²) in [6.07, 6.45) is 2.86. The second-order valence-electron chi connectivity index (χ2n) is 7.79. The van der Waals surface area contributed by atoms with Gasteiger partial charge in [0.25, 0.3) is 0 Å². The molecule has 0 bridgehead atoms. The molecule has 1 unspecified atom stereocenters. The van der Waals surface area contributed by atoms with E-state index < -0.39 is 10.0 Å². The molecule has 3 rings (SSSR count). The van der Waals surface area contributed by atoms with Crippen LogP contribution in [0, 0.1) is 0 Å². The summed E-state index contributed by atoms with van der Waals surface area (Å²) in [5.74, 6) is 0.942. The zero-order valence-electron chi connectivity index (χ0n) is 17.8. The first-order valence-corrected chi connectivity index (χ1v) is 12.5. The number of nitrogens with one attached hydrogen (secondary N) is 1. The van der Waals surface area contributed by atoms with E-state index in [9.17, 15) is 13.2 Å². The topological polar surface area (TPSA) is 97.2 Å². The van der Waals surface area contributed by atoms with Crippen molar-refractivity contribution in [3.05, 3.63) is 30.1 Å². The minimum Gasteiger partial charge on any atom is -0.325 e. The first-order chi connectivity index (χ1) is 14.2. The van der Waals surface area contributed by atoms with Gasteiger partial charge in [-0.3, -0.25) is 4.79 Å². The van der Waals surface area contributed by atoms with Crippen LogP contribution in [0.15, 0.2) is 34.3 Å². The monoisotopic (exact) mass is 451 g/mol. The molecule has 1 saturated heterocycles. The third-order valence-electron chi connectivity index (χ3n) is 5.11. The summed E-state index contributed by atoms with van der Waals surface area (Å²) >= 11 is 1.34. The number of carbonyl (C=O) groups is 1. The van der Waals surface area contributed by atoms with Crippen molar-refractivity contribution in [3.63, 3.8) is 0 Å². The van der Waals surface area contributed by atoms with Gasteiger partial charge in [-0.2, -0.15) is 4.31 Å². The van der Waals surface area contributed by atoms with Crippen molar-refractivity contribution < 1.29 is 13.2 Å². The Labute approximate surface area is 182 Å². The van der Waals surface area contributed by atoms with Crippen molar-refractivity contribution in [1.29, 1.82) is 0 Å². The number of aromatic nitrogens is 3. The Bertz CT molecular complexity index is 980. The van der Waals surface area contributed by atoms with Gasteiger partial charge >= 0.3 is 0 Å². The van der Waals surface area contributed by atoms with Crippen molar-refractivity contribution in [2.24, 2.45) is 7.05 Å². The highest BCUT2D eigenvalue weighted by Crippen LogP contribution is 2.26. The van der Waals surface area contributed by atoms with Crippen molar-refractivity contribution in [2.75, 3.05) is 18.4 Å². The number of hydrogen-bond acceptors (Lipinski definition) is 6. The van der Waals surface area contributed by atoms with Crippen LogP contribution in [-0.4, -0.2) is 51.7 Å². The lowest BCUT2D eigenvalue weighted by molar-refractivity contribution is -0.115. The molecule has 2 aromatic rings. The predicted octanol–water partition coefficient (Wildman–Crippen LogP) is 3.23. The molecule has 0 saturated carbocycles. The maximum atomic E-state index is 12.7. The zero-order chi connectivity index (χ0) is 21.9. The summed E-state index contributed by atoms with van der Waals surface area (Å²) in [4.78, 5) is 12.8. The summed E-state index contributed by atoms with van der Waals surface area (Å²) in [6.45, 7) is 7.03. The number of piperidine rings is 1. The number of benzene rings is 1. The highest BCUT2D eigenvalue weighted by molar-refractivity contribution is 8.00. The van der Waals surface area contributed by atoms with Crippen molar-refractivity contribution >= 4 is 33.4 Å². The maximum Gasteiger partial charge on any atom is 0.243 e. The van der Waals surface area contributed by atoms with Gasteiger partial charge in [-0.25, -0.2) is 8.42 Å². The highest BCUT2D eigenvalue weighted by Gasteiger charge is 2.26. The van der Waals surface area contributed by atoms with E-state index in [1.54, 1.807) is 31.2 Å². The molecule has 1 amide bonds. The standard InChI is InChI=1S/C20H29N5O3S2/c1-14(2)18-22-23-20(24(18)4)29-15(3)19(26)21-16-8-10-17(11-9-16)30(27,28)25-12-6-5-7-13-25/h8-11,14-15H,5-7,12-13H2,1-4H3,(H,21,26). The molecule has 30 heavy (non-hydrogen) atoms. The van der Waals surface area contributed by atoms with Crippen LogP contribution < -0.4 is 5.32 Å². The van der Waals surface area contributed by atoms with Crippen LogP contribution in [0.3, 0.4) is 0 Å². The number of thioether (sulfide) groups is 1. The molecule has 0 aliphatic carbocycles. The Morgan fingerprint density at radius 3 is 2.27 bits per heavy atom. The van der Waals surface area contributed by atoms with Crippen LogP contribution in [0.4, 0.5) is 5.69 Å². The van der Waals surface area contributed by atoms with E-state index in [-0.39, 0.29) is 22.0 Å². The summed E-state index contributed by atoms with van der Waals surface area (Å²) < 4.78 is 28.9. The van der Waals surface area contributed by atoms with Gasteiger partial charge in [0.1, 0.15) is 5.82 Å². The molecule has 164 valence electrons. The molecule has 1 aromatic heterocycles. The van der Waals surface area contributed by atoms with Crippen molar-refractivity contribution in [2.45, 2.75) is 61.3 Å². The number of hydrogen-bond donors (Lipinski definition) is 1. The fourth-order valence-corrected chi connectivity index (χ4v) is 5.69. The summed E-state index contributed by atoms with van der Waals surface area (Å²) in [5, 5.41) is 11.5. The van der Waals surface area contributed by atoms with E-state index in [0.717, 1.165) is 25.1 Å². The first kappa shape index (κ1) is 22.8. The van der Waals surface area contributed by atoms with Crippen LogP contribution in [-0.2, 0) is 21.9 Å². The summed E-state index contributed by atoms with van der Waals surface area (Å²) in [7, 11) is -1.58. The van der Waals surface area contributed by atoms with E-state index >= 15 is 0 Å². The fourth-order valence-electron chi connectivity index (χ4n) is 3.35. The van der Waals surface area contributed by atoms with Crippen LogP contribution in [0.1, 0.15) is 51.8 Å². The molecular weight excluding hydrogens is 422 g/mol. The quantitative estimate of drug-likeness (QED) is 0.649. The average molecular weight is 452 g/mol. The number of sulfonamides is 1. The average Bonchev–Trinajstić information content (AvgIpc) is 3.09. The minimum atomic E-state index is -3.48. The van der Waals surface area contributed by atoms with E-state index in [1.165, 1.54) is 16.1 Å². The third-order valence-corrected chi connectivity index (χ3v) is 8.16. The molecule has 0 spiro atoms. The van der Waals surface area contributed by atoms with Gasteiger partial charge < -0.3 is 9.88 Å². The maximum absolute atomic E-state index is 12.7. The first-order valence-electron chi connectivity index (χ1n) is 10.2. The Kier molecular flexibility index (Phi) is 7.20. The Balaban J connectivity index is 1.62. The fraction of sp³-hybridized carbons (Fsp3) is 0.550. The normalized spacial score (nSPS) is 16.6. The van der Waals surface area contributed by atoms with E-state index in [4.69, 9.17) is 0 Å². The zero-order valence-corrected chi connectivity index (χ0v) is 19.5. The van der Waals surface area contributed by atoms with Gasteiger partial charge in [-0.05, 0) is 44.0 Å². The van der Waals surface area contributed by atoms with E-state index in [2.05, 4.69) is 15.5 Å². The lowest BCUT2D eigenvalue weighted by Crippen LogP contribution is -2.35. The van der Waals surface area contributed by atoms with Gasteiger partial charge in [0, 0.05) is 31.7 Å². The van der Waals surface area contributed by atoms with Crippen molar-refractivity contribution in [1.82, 2.24) is 19.1 Å². The second kappa shape index (κ2) is 9.49. The lowest BCUT2D eigenvalue weighted by atomic mass is 10.2. The molecule has 1 N–H and O–H groups in total. The van der Waals surface area contributed by atoms with Crippen molar-refractivity contribution in [3.8, 4) is 0 Å². The van der Waals surface area contributed by atoms with E-state index in [0.29, 0.717) is 23.9 Å².